The monoisotopic (exact) mass is 125 g/mol. The molecule has 0 fully saturated rings. The van der Waals surface area contributed by atoms with Crippen LogP contribution in [0.15, 0.2) is 9.98 Å². The van der Waals surface area contributed by atoms with Gasteiger partial charge in [0.15, 0.2) is 0 Å². The third-order valence-corrected chi connectivity index (χ3v) is 1.19. The molecule has 1 aliphatic heterocycles. The van der Waals surface area contributed by atoms with Crippen molar-refractivity contribution in [2.75, 3.05) is 0 Å². The van der Waals surface area contributed by atoms with Crippen molar-refractivity contribution in [1.82, 2.24) is 0 Å². The van der Waals surface area contributed by atoms with E-state index in [0.717, 1.165) is 0 Å². The standard InChI is InChI=1S/C5H7N3O/c1-5(4(6)9)7-2-3-8-5/h2-3H,1H3,(H2,6,9). The molecule has 0 radical (unpaired) electrons. The van der Waals surface area contributed by atoms with Gasteiger partial charge in [-0.25, -0.2) is 0 Å². The number of primary amides is 1. The molecular formula is C5H7N3O. The fourth-order valence-corrected chi connectivity index (χ4v) is 0.518. The summed E-state index contributed by atoms with van der Waals surface area (Å²) in [4.78, 5) is 18.0. The van der Waals surface area contributed by atoms with E-state index < -0.39 is 11.6 Å². The number of amides is 1. The first-order valence-corrected chi connectivity index (χ1v) is 2.54. The van der Waals surface area contributed by atoms with Crippen LogP contribution >= 0.6 is 0 Å². The van der Waals surface area contributed by atoms with Crippen LogP contribution in [0.2, 0.25) is 0 Å². The Bertz CT molecular complexity index is 182. The summed E-state index contributed by atoms with van der Waals surface area (Å²) in [5.74, 6) is -0.521. The zero-order valence-corrected chi connectivity index (χ0v) is 5.03. The number of hydrogen-bond acceptors (Lipinski definition) is 3. The molecule has 4 nitrogen and oxygen atoms in total. The highest BCUT2D eigenvalue weighted by Crippen LogP contribution is 2.12. The molecule has 0 spiro atoms. The molecule has 0 unspecified atom stereocenters. The first-order chi connectivity index (χ1) is 4.15. The number of hydrogen-bond donors (Lipinski definition) is 1. The summed E-state index contributed by atoms with van der Waals surface area (Å²) in [6.07, 6.45) is 2.93. The normalized spacial score (nSPS) is 20.6. The highest BCUT2D eigenvalue weighted by Gasteiger charge is 2.29. The molecule has 0 saturated heterocycles. The molecular weight excluding hydrogens is 118 g/mol. The molecule has 0 aromatic rings. The predicted molar refractivity (Wildman–Crippen MR) is 34.6 cm³/mol. The molecule has 0 aromatic heterocycles. The largest absolute Gasteiger partial charge is 0.366 e. The Morgan fingerprint density at radius 2 is 2.00 bits per heavy atom. The summed E-state index contributed by atoms with van der Waals surface area (Å²) in [5, 5.41) is 0. The fourth-order valence-electron chi connectivity index (χ4n) is 0.518. The van der Waals surface area contributed by atoms with Gasteiger partial charge in [-0.05, 0) is 6.92 Å². The molecule has 48 valence electrons. The van der Waals surface area contributed by atoms with Crippen LogP contribution in [0, 0.1) is 0 Å². The molecule has 0 bridgehead atoms. The van der Waals surface area contributed by atoms with Crippen LogP contribution < -0.4 is 5.73 Å². The van der Waals surface area contributed by atoms with Crippen LogP contribution in [0.3, 0.4) is 0 Å². The van der Waals surface area contributed by atoms with Gasteiger partial charge in [-0.2, -0.15) is 0 Å². The van der Waals surface area contributed by atoms with Gasteiger partial charge >= 0.3 is 0 Å². The topological polar surface area (TPSA) is 67.8 Å². The number of carbonyl (C=O) groups is 1. The van der Waals surface area contributed by atoms with Crippen molar-refractivity contribution in [3.63, 3.8) is 0 Å². The Balaban J connectivity index is 2.88. The highest BCUT2D eigenvalue weighted by atomic mass is 16.1. The van der Waals surface area contributed by atoms with Crippen molar-refractivity contribution in [3.05, 3.63) is 0 Å². The maximum atomic E-state index is 10.5. The molecule has 0 saturated carbocycles. The third kappa shape index (κ3) is 0.826. The van der Waals surface area contributed by atoms with E-state index in [4.69, 9.17) is 5.73 Å². The van der Waals surface area contributed by atoms with Crippen LogP contribution in [0.25, 0.3) is 0 Å². The molecule has 2 N–H and O–H groups in total. The fraction of sp³-hybridized carbons (Fsp3) is 0.400. The Hall–Kier alpha value is -1.19. The summed E-state index contributed by atoms with van der Waals surface area (Å²) in [6.45, 7) is 1.56. The van der Waals surface area contributed by atoms with E-state index in [-0.39, 0.29) is 0 Å². The van der Waals surface area contributed by atoms with Crippen molar-refractivity contribution >= 4 is 18.3 Å². The average molecular weight is 125 g/mol. The second kappa shape index (κ2) is 1.65. The van der Waals surface area contributed by atoms with Gasteiger partial charge in [0.1, 0.15) is 0 Å². The van der Waals surface area contributed by atoms with Crippen molar-refractivity contribution < 1.29 is 4.79 Å². The van der Waals surface area contributed by atoms with Gasteiger partial charge in [-0.3, -0.25) is 14.8 Å². The average Bonchev–Trinajstić information content (AvgIpc) is 2.16. The van der Waals surface area contributed by atoms with Crippen molar-refractivity contribution in [1.29, 1.82) is 0 Å². The van der Waals surface area contributed by atoms with Crippen LogP contribution in [0.4, 0.5) is 0 Å². The molecule has 9 heavy (non-hydrogen) atoms. The minimum Gasteiger partial charge on any atom is -0.366 e. The molecule has 1 heterocycles. The van der Waals surface area contributed by atoms with Gasteiger partial charge in [0.05, 0.1) is 0 Å². The molecule has 4 heteroatoms. The zero-order chi connectivity index (χ0) is 6.91. The molecule has 0 aliphatic carbocycles. The third-order valence-electron chi connectivity index (χ3n) is 1.19. The lowest BCUT2D eigenvalue weighted by Crippen LogP contribution is -2.35. The molecule has 0 aromatic carbocycles. The van der Waals surface area contributed by atoms with Crippen molar-refractivity contribution in [2.45, 2.75) is 12.6 Å². The zero-order valence-electron chi connectivity index (χ0n) is 5.03. The maximum absolute atomic E-state index is 10.5. The first-order valence-electron chi connectivity index (χ1n) is 2.54. The smallest absolute Gasteiger partial charge is 0.267 e. The number of aliphatic imine (C=N–C) groups is 2. The van der Waals surface area contributed by atoms with Crippen LogP contribution in [-0.2, 0) is 4.79 Å². The van der Waals surface area contributed by atoms with Gasteiger partial charge in [0.2, 0.25) is 5.66 Å². The minimum absolute atomic E-state index is 0.521. The quantitative estimate of drug-likeness (QED) is 0.496. The van der Waals surface area contributed by atoms with Crippen molar-refractivity contribution in [3.8, 4) is 0 Å². The maximum Gasteiger partial charge on any atom is 0.267 e. The lowest BCUT2D eigenvalue weighted by Gasteiger charge is -2.10. The van der Waals surface area contributed by atoms with Gasteiger partial charge in [0, 0.05) is 12.4 Å². The van der Waals surface area contributed by atoms with E-state index >= 15 is 0 Å². The Morgan fingerprint density at radius 3 is 2.22 bits per heavy atom. The Labute approximate surface area is 52.5 Å². The molecule has 1 amide bonds. The van der Waals surface area contributed by atoms with Crippen LogP contribution in [0.5, 0.6) is 0 Å². The van der Waals surface area contributed by atoms with Crippen molar-refractivity contribution in [2.24, 2.45) is 15.7 Å². The van der Waals surface area contributed by atoms with Gasteiger partial charge in [0.25, 0.3) is 5.91 Å². The SMILES string of the molecule is CC1(C(N)=O)N=CC=N1. The van der Waals surface area contributed by atoms with Gasteiger partial charge in [-0.15, -0.1) is 0 Å². The van der Waals surface area contributed by atoms with Gasteiger partial charge < -0.3 is 5.73 Å². The van der Waals surface area contributed by atoms with E-state index in [1.54, 1.807) is 6.92 Å². The summed E-state index contributed by atoms with van der Waals surface area (Å²) in [5.41, 5.74) is 3.94. The van der Waals surface area contributed by atoms with Crippen LogP contribution in [-0.4, -0.2) is 24.0 Å². The number of rotatable bonds is 1. The number of nitrogens with two attached hydrogens (primary N) is 1. The lowest BCUT2D eigenvalue weighted by molar-refractivity contribution is -0.122. The first kappa shape index (κ1) is 5.94. The van der Waals surface area contributed by atoms with Gasteiger partial charge in [-0.1, -0.05) is 0 Å². The number of carbonyl (C=O) groups excluding carboxylic acids is 1. The Kier molecular flexibility index (Phi) is 1.09. The Morgan fingerprint density at radius 1 is 1.56 bits per heavy atom. The van der Waals surface area contributed by atoms with E-state index in [1.807, 2.05) is 0 Å². The minimum atomic E-state index is -1.03. The molecule has 1 aliphatic rings. The summed E-state index contributed by atoms with van der Waals surface area (Å²) < 4.78 is 0. The second-order valence-corrected chi connectivity index (χ2v) is 1.94. The molecule has 1 rings (SSSR count). The second-order valence-electron chi connectivity index (χ2n) is 1.94. The summed E-state index contributed by atoms with van der Waals surface area (Å²) >= 11 is 0. The van der Waals surface area contributed by atoms with Crippen LogP contribution in [0.1, 0.15) is 6.92 Å². The summed E-state index contributed by atoms with van der Waals surface area (Å²) in [7, 11) is 0. The lowest BCUT2D eigenvalue weighted by atomic mass is 10.2. The van der Waals surface area contributed by atoms with E-state index in [0.29, 0.717) is 0 Å². The number of nitrogens with zero attached hydrogens (tertiary/aromatic N) is 2. The van der Waals surface area contributed by atoms with E-state index in [1.165, 1.54) is 12.4 Å². The summed E-state index contributed by atoms with van der Waals surface area (Å²) in [6, 6.07) is 0. The van der Waals surface area contributed by atoms with E-state index in [9.17, 15) is 4.79 Å². The van der Waals surface area contributed by atoms with E-state index in [2.05, 4.69) is 9.98 Å². The molecule has 0 atom stereocenters. The predicted octanol–water partition coefficient (Wildman–Crippen LogP) is -0.657. The highest BCUT2D eigenvalue weighted by molar-refractivity contribution is 6.19.